The Morgan fingerprint density at radius 2 is 1.76 bits per heavy atom. The Kier molecular flexibility index (Phi) is 5.72. The van der Waals surface area contributed by atoms with Gasteiger partial charge < -0.3 is 9.84 Å². The van der Waals surface area contributed by atoms with Crippen LogP contribution in [0.5, 0.6) is 0 Å². The summed E-state index contributed by atoms with van der Waals surface area (Å²) < 4.78 is 69.7. The molecule has 7 nitrogen and oxygen atoms in total. The first kappa shape index (κ1) is 21.3. The summed E-state index contributed by atoms with van der Waals surface area (Å²) >= 11 is 0. The second-order valence-electron chi connectivity index (χ2n) is 6.90. The van der Waals surface area contributed by atoms with Gasteiger partial charge in [-0.1, -0.05) is 5.16 Å². The minimum atomic E-state index is -4.44. The molecule has 0 atom stereocenters. The average molecular weight is 431 g/mol. The van der Waals surface area contributed by atoms with E-state index in [2.05, 4.69) is 10.5 Å². The maximum Gasteiger partial charge on any atom is 0.416 e. The molecule has 29 heavy (non-hydrogen) atoms. The lowest BCUT2D eigenvalue weighted by Gasteiger charge is -2.30. The van der Waals surface area contributed by atoms with Gasteiger partial charge >= 0.3 is 6.18 Å². The van der Waals surface area contributed by atoms with E-state index in [4.69, 9.17) is 4.52 Å². The lowest BCUT2D eigenvalue weighted by atomic mass is 9.97. The SMILES string of the molecule is Cc1noc(C)c1S(=O)(=O)N1CCC(C(=O)Nc2ccc(C(F)(F)F)cc2)CC1. The number of anilines is 1. The molecular formula is C18H20F3N3O4S. The number of amides is 1. The maximum absolute atomic E-state index is 12.8. The normalized spacial score (nSPS) is 16.7. The molecule has 3 rings (SSSR count). The van der Waals surface area contributed by atoms with Crippen LogP contribution in [0.3, 0.4) is 0 Å². The van der Waals surface area contributed by atoms with E-state index in [0.717, 1.165) is 12.1 Å². The minimum absolute atomic E-state index is 0.0464. The van der Waals surface area contributed by atoms with Crippen LogP contribution in [0.25, 0.3) is 0 Å². The topological polar surface area (TPSA) is 92.5 Å². The number of sulfonamides is 1. The van der Waals surface area contributed by atoms with Crippen molar-refractivity contribution in [3.05, 3.63) is 41.3 Å². The standard InChI is InChI=1S/C18H20F3N3O4S/c1-11-16(12(2)28-23-11)29(26,27)24-9-7-13(8-10-24)17(25)22-15-5-3-14(4-6-15)18(19,20)21/h3-6,13H,7-10H2,1-2H3,(H,22,25). The molecule has 1 saturated heterocycles. The van der Waals surface area contributed by atoms with E-state index in [9.17, 15) is 26.4 Å². The highest BCUT2D eigenvalue weighted by atomic mass is 32.2. The first-order valence-electron chi connectivity index (χ1n) is 8.91. The molecule has 11 heteroatoms. The average Bonchev–Trinajstić information content (AvgIpc) is 3.00. The van der Waals surface area contributed by atoms with Gasteiger partial charge in [0.15, 0.2) is 5.76 Å². The number of rotatable bonds is 4. The van der Waals surface area contributed by atoms with Crippen molar-refractivity contribution < 1.29 is 30.9 Å². The van der Waals surface area contributed by atoms with Gasteiger partial charge in [0.25, 0.3) is 0 Å². The smallest absolute Gasteiger partial charge is 0.360 e. The van der Waals surface area contributed by atoms with E-state index in [1.807, 2.05) is 0 Å². The number of carbonyl (C=O) groups is 1. The molecule has 1 aliphatic heterocycles. The zero-order chi connectivity index (χ0) is 21.4. The highest BCUT2D eigenvalue weighted by Gasteiger charge is 2.35. The van der Waals surface area contributed by atoms with E-state index in [1.54, 1.807) is 6.92 Å². The van der Waals surface area contributed by atoms with Gasteiger partial charge in [-0.05, 0) is 51.0 Å². The molecule has 2 aromatic rings. The van der Waals surface area contributed by atoms with Crippen molar-refractivity contribution in [1.29, 1.82) is 0 Å². The lowest BCUT2D eigenvalue weighted by Crippen LogP contribution is -2.41. The van der Waals surface area contributed by atoms with Gasteiger partial charge in [-0.15, -0.1) is 0 Å². The molecule has 0 bridgehead atoms. The number of nitrogens with one attached hydrogen (secondary N) is 1. The maximum atomic E-state index is 12.8. The molecule has 0 saturated carbocycles. The van der Waals surface area contributed by atoms with Crippen LogP contribution in [0.2, 0.25) is 0 Å². The van der Waals surface area contributed by atoms with Gasteiger partial charge in [0.2, 0.25) is 15.9 Å². The van der Waals surface area contributed by atoms with Gasteiger partial charge in [0.05, 0.1) is 5.56 Å². The number of piperidine rings is 1. The number of aryl methyl sites for hydroxylation is 2. The number of alkyl halides is 3. The Morgan fingerprint density at radius 3 is 2.24 bits per heavy atom. The number of nitrogens with zero attached hydrogens (tertiary/aromatic N) is 2. The molecule has 1 aromatic heterocycles. The summed E-state index contributed by atoms with van der Waals surface area (Å²) in [6.45, 7) is 3.37. The van der Waals surface area contributed by atoms with Crippen LogP contribution in [0.15, 0.2) is 33.7 Å². The number of hydrogen-bond donors (Lipinski definition) is 1. The van der Waals surface area contributed by atoms with Crippen LogP contribution in [-0.2, 0) is 21.0 Å². The van der Waals surface area contributed by atoms with Gasteiger partial charge in [-0.3, -0.25) is 4.79 Å². The van der Waals surface area contributed by atoms with Gasteiger partial charge in [0, 0.05) is 24.7 Å². The van der Waals surface area contributed by atoms with Crippen molar-refractivity contribution in [3.63, 3.8) is 0 Å². The van der Waals surface area contributed by atoms with Crippen molar-refractivity contribution in [2.24, 2.45) is 5.92 Å². The summed E-state index contributed by atoms with van der Waals surface area (Å²) in [5.41, 5.74) is -0.258. The third kappa shape index (κ3) is 4.45. The van der Waals surface area contributed by atoms with Crippen LogP contribution in [0, 0.1) is 19.8 Å². The molecule has 1 aromatic carbocycles. The Bertz CT molecular complexity index is 973. The first-order chi connectivity index (χ1) is 13.5. The molecular weight excluding hydrogens is 411 g/mol. The van der Waals surface area contributed by atoms with Crippen molar-refractivity contribution in [1.82, 2.24) is 9.46 Å². The Hall–Kier alpha value is -2.40. The van der Waals surface area contributed by atoms with Crippen LogP contribution in [0.1, 0.15) is 29.9 Å². The molecule has 1 N–H and O–H groups in total. The summed E-state index contributed by atoms with van der Waals surface area (Å²) in [6.07, 6.45) is -3.84. The molecule has 1 aliphatic rings. The van der Waals surface area contributed by atoms with Crippen molar-refractivity contribution in [2.45, 2.75) is 37.8 Å². The van der Waals surface area contributed by atoms with Gasteiger partial charge in [-0.25, -0.2) is 8.42 Å². The van der Waals surface area contributed by atoms with Crippen LogP contribution in [0.4, 0.5) is 18.9 Å². The van der Waals surface area contributed by atoms with E-state index < -0.39 is 27.7 Å². The molecule has 0 radical (unpaired) electrons. The largest absolute Gasteiger partial charge is 0.416 e. The Labute approximate surface area is 165 Å². The molecule has 0 unspecified atom stereocenters. The summed E-state index contributed by atoms with van der Waals surface area (Å²) in [5.74, 6) is -0.572. The van der Waals surface area contributed by atoms with Gasteiger partial charge in [-0.2, -0.15) is 17.5 Å². The van der Waals surface area contributed by atoms with E-state index in [0.29, 0.717) is 12.8 Å². The Morgan fingerprint density at radius 1 is 1.17 bits per heavy atom. The van der Waals surface area contributed by atoms with Crippen molar-refractivity contribution in [3.8, 4) is 0 Å². The predicted molar refractivity (Wildman–Crippen MR) is 97.5 cm³/mol. The molecule has 2 heterocycles. The summed E-state index contributed by atoms with van der Waals surface area (Å²) in [5, 5.41) is 6.26. The second kappa shape index (κ2) is 7.79. The fourth-order valence-corrected chi connectivity index (χ4v) is 5.08. The zero-order valence-corrected chi connectivity index (χ0v) is 16.6. The summed E-state index contributed by atoms with van der Waals surface area (Å²) in [4.78, 5) is 12.5. The number of aromatic nitrogens is 1. The molecule has 1 amide bonds. The monoisotopic (exact) mass is 431 g/mol. The Balaban J connectivity index is 1.61. The van der Waals surface area contributed by atoms with Gasteiger partial charge in [0.1, 0.15) is 10.6 Å². The number of hydrogen-bond acceptors (Lipinski definition) is 5. The highest BCUT2D eigenvalue weighted by molar-refractivity contribution is 7.89. The number of benzene rings is 1. The summed E-state index contributed by atoms with van der Waals surface area (Å²) in [7, 11) is -3.77. The minimum Gasteiger partial charge on any atom is -0.360 e. The quantitative estimate of drug-likeness (QED) is 0.802. The van der Waals surface area contributed by atoms with Crippen LogP contribution < -0.4 is 5.32 Å². The third-order valence-electron chi connectivity index (χ3n) is 4.87. The first-order valence-corrected chi connectivity index (χ1v) is 10.4. The zero-order valence-electron chi connectivity index (χ0n) is 15.8. The second-order valence-corrected chi connectivity index (χ2v) is 8.77. The fraction of sp³-hybridized carbons (Fsp3) is 0.444. The predicted octanol–water partition coefficient (Wildman–Crippen LogP) is 3.35. The summed E-state index contributed by atoms with van der Waals surface area (Å²) in [6, 6.07) is 4.18. The third-order valence-corrected chi connectivity index (χ3v) is 7.01. The number of halogens is 3. The van der Waals surface area contributed by atoms with E-state index in [-0.39, 0.29) is 41.0 Å². The fourth-order valence-electron chi connectivity index (χ4n) is 3.32. The van der Waals surface area contributed by atoms with Crippen LogP contribution in [-0.4, -0.2) is 36.9 Å². The molecule has 158 valence electrons. The van der Waals surface area contributed by atoms with E-state index >= 15 is 0 Å². The van der Waals surface area contributed by atoms with E-state index in [1.165, 1.54) is 23.4 Å². The van der Waals surface area contributed by atoms with Crippen LogP contribution >= 0.6 is 0 Å². The molecule has 0 aliphatic carbocycles. The number of carbonyl (C=O) groups excluding carboxylic acids is 1. The molecule has 0 spiro atoms. The van der Waals surface area contributed by atoms with Crippen molar-refractivity contribution in [2.75, 3.05) is 18.4 Å². The molecule has 1 fully saturated rings. The lowest BCUT2D eigenvalue weighted by molar-refractivity contribution is -0.137. The highest BCUT2D eigenvalue weighted by Crippen LogP contribution is 2.31. The van der Waals surface area contributed by atoms with Crippen molar-refractivity contribution >= 4 is 21.6 Å².